The van der Waals surface area contributed by atoms with Gasteiger partial charge in [0.25, 0.3) is 0 Å². The topological polar surface area (TPSA) is 76.0 Å². The van der Waals surface area contributed by atoms with Crippen LogP contribution in [0.25, 0.3) is 0 Å². The molecule has 5 heteroatoms. The molecule has 0 amide bonds. The summed E-state index contributed by atoms with van der Waals surface area (Å²) in [6.07, 6.45) is 14.2. The van der Waals surface area contributed by atoms with Crippen molar-refractivity contribution in [3.05, 3.63) is 11.6 Å². The summed E-state index contributed by atoms with van der Waals surface area (Å²) >= 11 is 0. The molecule has 33 heavy (non-hydrogen) atoms. The van der Waals surface area contributed by atoms with Crippen LogP contribution in [0.2, 0.25) is 0 Å². The van der Waals surface area contributed by atoms with Crippen molar-refractivity contribution in [1.29, 1.82) is 0 Å². The molecule has 0 heterocycles. The van der Waals surface area contributed by atoms with Gasteiger partial charge in [0.2, 0.25) is 0 Å². The van der Waals surface area contributed by atoms with E-state index in [0.29, 0.717) is 24.9 Å². The average Bonchev–Trinajstić information content (AvgIpc) is 3.09. The molecule has 0 unspecified atom stereocenters. The predicted molar refractivity (Wildman–Crippen MR) is 129 cm³/mol. The fraction of sp³-hybridized carbons (Fsp3) is 0.893. The highest BCUT2D eigenvalue weighted by molar-refractivity contribution is 5.60. The summed E-state index contributed by atoms with van der Waals surface area (Å²) in [7, 11) is 0. The zero-order valence-electron chi connectivity index (χ0n) is 21.1. The molecule has 3 fully saturated rings. The van der Waals surface area contributed by atoms with E-state index < -0.39 is 12.3 Å². The molecule has 8 atom stereocenters. The second-order valence-corrected chi connectivity index (χ2v) is 11.9. The van der Waals surface area contributed by atoms with E-state index in [9.17, 15) is 15.0 Å². The van der Waals surface area contributed by atoms with Crippen LogP contribution in [0.1, 0.15) is 104 Å². The minimum Gasteiger partial charge on any atom is -0.434 e. The van der Waals surface area contributed by atoms with Crippen LogP contribution in [-0.4, -0.2) is 41.3 Å². The molecule has 0 aromatic carbocycles. The number of aliphatic hydroxyl groups excluding tert-OH is 2. The Kier molecular flexibility index (Phi) is 7.79. The van der Waals surface area contributed by atoms with Gasteiger partial charge in [0, 0.05) is 6.42 Å². The van der Waals surface area contributed by atoms with Crippen molar-refractivity contribution in [2.75, 3.05) is 6.61 Å². The molecule has 4 aliphatic carbocycles. The monoisotopic (exact) mass is 462 g/mol. The Morgan fingerprint density at radius 3 is 2.55 bits per heavy atom. The van der Waals surface area contributed by atoms with Crippen LogP contribution < -0.4 is 0 Å². The first-order valence-electron chi connectivity index (χ1n) is 13.7. The van der Waals surface area contributed by atoms with Crippen molar-refractivity contribution in [2.45, 2.75) is 123 Å². The third kappa shape index (κ3) is 4.87. The van der Waals surface area contributed by atoms with Gasteiger partial charge in [-0.05, 0) is 73.5 Å². The lowest BCUT2D eigenvalue weighted by molar-refractivity contribution is -0.107. The molecular formula is C28H46O5. The first kappa shape index (κ1) is 25.0. The summed E-state index contributed by atoms with van der Waals surface area (Å²) in [5.74, 6) is 1.06. The Morgan fingerprint density at radius 2 is 1.76 bits per heavy atom. The van der Waals surface area contributed by atoms with Crippen LogP contribution in [0.3, 0.4) is 0 Å². The first-order valence-corrected chi connectivity index (χ1v) is 13.7. The summed E-state index contributed by atoms with van der Waals surface area (Å²) in [5, 5.41) is 21.8. The van der Waals surface area contributed by atoms with Crippen molar-refractivity contribution in [3.8, 4) is 0 Å². The first-order chi connectivity index (χ1) is 15.8. The SMILES string of the molecule is CCCCCCCCOC(=O)O[C@H]1CC[C@@]2(C)C(=C[C@H](O)[C@H]3[C@@H]4CC[C@H](O)[C@@]4(C)CC[C@@H]32)C1. The number of aliphatic hydroxyl groups is 2. The molecular weight excluding hydrogens is 416 g/mol. The number of carbonyl (C=O) groups excluding carboxylic acids is 1. The highest BCUT2D eigenvalue weighted by Gasteiger charge is 2.60. The summed E-state index contributed by atoms with van der Waals surface area (Å²) < 4.78 is 11.0. The van der Waals surface area contributed by atoms with Crippen molar-refractivity contribution in [2.24, 2.45) is 28.6 Å². The van der Waals surface area contributed by atoms with E-state index in [1.165, 1.54) is 31.3 Å². The second kappa shape index (κ2) is 10.3. The fourth-order valence-electron chi connectivity index (χ4n) is 7.90. The quantitative estimate of drug-likeness (QED) is 0.256. The number of unbranched alkanes of at least 4 members (excludes halogenated alkanes) is 5. The number of carbonyl (C=O) groups is 1. The molecule has 2 N–H and O–H groups in total. The summed E-state index contributed by atoms with van der Waals surface area (Å²) in [5.41, 5.74) is 1.27. The molecule has 0 bridgehead atoms. The van der Waals surface area contributed by atoms with Crippen molar-refractivity contribution in [1.82, 2.24) is 0 Å². The Labute approximate surface area is 200 Å². The maximum atomic E-state index is 12.2. The van der Waals surface area contributed by atoms with Gasteiger partial charge in [0.1, 0.15) is 6.10 Å². The highest BCUT2D eigenvalue weighted by atomic mass is 16.7. The van der Waals surface area contributed by atoms with Crippen LogP contribution in [0.5, 0.6) is 0 Å². The molecule has 0 aliphatic heterocycles. The van der Waals surface area contributed by atoms with Crippen molar-refractivity contribution in [3.63, 3.8) is 0 Å². The Bertz CT molecular complexity index is 719. The predicted octanol–water partition coefficient (Wildman–Crippen LogP) is 6.16. The maximum absolute atomic E-state index is 12.2. The third-order valence-electron chi connectivity index (χ3n) is 10.0. The molecule has 0 aromatic rings. The lowest BCUT2D eigenvalue weighted by Gasteiger charge is -2.58. The van der Waals surface area contributed by atoms with E-state index in [1.54, 1.807) is 0 Å². The van der Waals surface area contributed by atoms with Crippen molar-refractivity contribution < 1.29 is 24.5 Å². The zero-order chi connectivity index (χ0) is 23.6. The standard InChI is InChI=1S/C28H46O5/c1-4-5-6-7-8-9-16-32-26(31)33-20-12-14-27(2)19(17-20)18-23(29)25-21-10-11-24(30)28(21,3)15-13-22(25)27/h18,20-25,29-30H,4-17H2,1-3H3/t20-,21-,22-,23-,24-,25-,27-,28-/m0/s1. The number of hydrogen-bond donors (Lipinski definition) is 2. The van der Waals surface area contributed by atoms with Crippen LogP contribution in [0.4, 0.5) is 4.79 Å². The Hall–Kier alpha value is -1.07. The van der Waals surface area contributed by atoms with Crippen LogP contribution in [-0.2, 0) is 9.47 Å². The van der Waals surface area contributed by atoms with E-state index in [2.05, 4.69) is 26.8 Å². The van der Waals surface area contributed by atoms with Gasteiger partial charge < -0.3 is 19.7 Å². The van der Waals surface area contributed by atoms with Gasteiger partial charge in [0.15, 0.2) is 0 Å². The third-order valence-corrected chi connectivity index (χ3v) is 10.0. The number of hydrogen-bond acceptors (Lipinski definition) is 5. The molecule has 0 radical (unpaired) electrons. The molecule has 0 aromatic heterocycles. The smallest absolute Gasteiger partial charge is 0.434 e. The zero-order valence-corrected chi connectivity index (χ0v) is 21.1. The normalized spacial score (nSPS) is 42.0. The number of ether oxygens (including phenoxy) is 2. The van der Waals surface area contributed by atoms with Crippen LogP contribution in [0, 0.1) is 28.6 Å². The van der Waals surface area contributed by atoms with E-state index >= 15 is 0 Å². The second-order valence-electron chi connectivity index (χ2n) is 11.9. The summed E-state index contributed by atoms with van der Waals surface area (Å²) in [6, 6.07) is 0. The van der Waals surface area contributed by atoms with Gasteiger partial charge in [-0.25, -0.2) is 4.79 Å². The molecule has 4 aliphatic rings. The molecule has 0 spiro atoms. The lowest BCUT2D eigenvalue weighted by Crippen LogP contribution is -2.55. The van der Waals surface area contributed by atoms with Crippen molar-refractivity contribution >= 4 is 6.16 Å². The van der Waals surface area contributed by atoms with E-state index in [1.807, 2.05) is 0 Å². The minimum absolute atomic E-state index is 0.0517. The fourth-order valence-corrected chi connectivity index (χ4v) is 7.90. The van der Waals surface area contributed by atoms with Gasteiger partial charge in [-0.1, -0.05) is 64.5 Å². The molecule has 4 rings (SSSR count). The highest BCUT2D eigenvalue weighted by Crippen LogP contribution is 2.64. The van der Waals surface area contributed by atoms with E-state index in [4.69, 9.17) is 9.47 Å². The Morgan fingerprint density at radius 1 is 1.00 bits per heavy atom. The van der Waals surface area contributed by atoms with Crippen LogP contribution in [0.15, 0.2) is 11.6 Å². The summed E-state index contributed by atoms with van der Waals surface area (Å²) in [6.45, 7) is 7.25. The van der Waals surface area contributed by atoms with E-state index in [-0.39, 0.29) is 29.0 Å². The van der Waals surface area contributed by atoms with Gasteiger partial charge in [-0.3, -0.25) is 0 Å². The largest absolute Gasteiger partial charge is 0.508 e. The van der Waals surface area contributed by atoms with Gasteiger partial charge in [-0.15, -0.1) is 0 Å². The molecule has 188 valence electrons. The molecule has 3 saturated carbocycles. The van der Waals surface area contributed by atoms with Gasteiger partial charge in [-0.2, -0.15) is 0 Å². The van der Waals surface area contributed by atoms with Gasteiger partial charge in [0.05, 0.1) is 18.8 Å². The maximum Gasteiger partial charge on any atom is 0.508 e. The summed E-state index contributed by atoms with van der Waals surface area (Å²) in [4.78, 5) is 12.2. The average molecular weight is 463 g/mol. The number of rotatable bonds is 8. The lowest BCUT2D eigenvalue weighted by atomic mass is 9.47. The molecule has 0 saturated heterocycles. The minimum atomic E-state index is -0.541. The Balaban J connectivity index is 1.31. The van der Waals surface area contributed by atoms with Crippen LogP contribution >= 0.6 is 0 Å². The number of fused-ring (bicyclic) bond motifs is 5. The van der Waals surface area contributed by atoms with Gasteiger partial charge >= 0.3 is 6.16 Å². The molecule has 5 nitrogen and oxygen atoms in total. The van der Waals surface area contributed by atoms with E-state index in [0.717, 1.165) is 51.4 Å².